The van der Waals surface area contributed by atoms with E-state index in [2.05, 4.69) is 15.4 Å². The van der Waals surface area contributed by atoms with Crippen LogP contribution in [-0.4, -0.2) is 16.6 Å². The Bertz CT molecular complexity index is 543. The van der Waals surface area contributed by atoms with Gasteiger partial charge in [-0.1, -0.05) is 0 Å². The normalized spacial score (nSPS) is 10.1. The van der Waals surface area contributed by atoms with Gasteiger partial charge >= 0.3 is 0 Å². The van der Waals surface area contributed by atoms with Crippen LogP contribution < -0.4 is 20.7 Å². The van der Waals surface area contributed by atoms with Crippen molar-refractivity contribution in [3.05, 3.63) is 36.0 Å². The number of nitrogens with one attached hydrogen (secondary N) is 1. The number of nitrogen functional groups attached to an aromatic ring is 1. The zero-order valence-corrected chi connectivity index (χ0v) is 10.9. The number of nitrogens with two attached hydrogens (primary N) is 1. The molecule has 0 saturated carbocycles. The quantitative estimate of drug-likeness (QED) is 0.634. The van der Waals surface area contributed by atoms with Crippen molar-refractivity contribution >= 4 is 5.95 Å². The molecule has 0 saturated heterocycles. The van der Waals surface area contributed by atoms with E-state index in [9.17, 15) is 0 Å². The topological polar surface area (TPSA) is 82.3 Å². The first kappa shape index (κ1) is 13.1. The molecule has 0 spiro atoms. The summed E-state index contributed by atoms with van der Waals surface area (Å²) in [5.41, 5.74) is 3.21. The molecule has 0 bridgehead atoms. The molecule has 0 aliphatic rings. The first-order valence-corrected chi connectivity index (χ1v) is 5.94. The van der Waals surface area contributed by atoms with Crippen molar-refractivity contribution in [1.82, 2.24) is 9.97 Å². The Hall–Kier alpha value is -2.34. The Balaban J connectivity index is 2.16. The largest absolute Gasteiger partial charge is 0.494 e. The fourth-order valence-electron chi connectivity index (χ4n) is 1.48. The second-order valence-electron chi connectivity index (χ2n) is 3.83. The molecule has 0 aliphatic heterocycles. The zero-order chi connectivity index (χ0) is 13.7. The van der Waals surface area contributed by atoms with E-state index in [-0.39, 0.29) is 0 Å². The summed E-state index contributed by atoms with van der Waals surface area (Å²) >= 11 is 0. The average molecular weight is 260 g/mol. The van der Waals surface area contributed by atoms with E-state index in [0.717, 1.165) is 11.3 Å². The number of rotatable bonds is 5. The van der Waals surface area contributed by atoms with Gasteiger partial charge in [0.25, 0.3) is 0 Å². The van der Waals surface area contributed by atoms with E-state index in [1.807, 2.05) is 38.1 Å². The van der Waals surface area contributed by atoms with Crippen LogP contribution in [0.25, 0.3) is 0 Å². The Morgan fingerprint density at radius 2 is 1.89 bits per heavy atom. The van der Waals surface area contributed by atoms with Gasteiger partial charge < -0.3 is 9.47 Å². The van der Waals surface area contributed by atoms with Crippen molar-refractivity contribution in [3.63, 3.8) is 0 Å². The highest BCUT2D eigenvalue weighted by atomic mass is 16.5. The minimum Gasteiger partial charge on any atom is -0.494 e. The minimum absolute atomic E-state index is 0.312. The monoisotopic (exact) mass is 260 g/mol. The molecule has 1 heterocycles. The molecule has 2 aromatic rings. The van der Waals surface area contributed by atoms with Gasteiger partial charge in [-0.25, -0.2) is 10.8 Å². The first-order valence-electron chi connectivity index (χ1n) is 5.94. The van der Waals surface area contributed by atoms with E-state index in [1.54, 1.807) is 6.20 Å². The minimum atomic E-state index is 0.312. The first-order chi connectivity index (χ1) is 9.22. The van der Waals surface area contributed by atoms with E-state index >= 15 is 0 Å². The third kappa shape index (κ3) is 3.32. The maximum absolute atomic E-state index is 5.68. The highest BCUT2D eigenvalue weighted by Gasteiger charge is 2.06. The predicted molar refractivity (Wildman–Crippen MR) is 72.3 cm³/mol. The van der Waals surface area contributed by atoms with Crippen LogP contribution in [0.3, 0.4) is 0 Å². The summed E-state index contributed by atoms with van der Waals surface area (Å²) in [6.07, 6.45) is 1.64. The number of aromatic nitrogens is 2. The van der Waals surface area contributed by atoms with Crippen LogP contribution in [-0.2, 0) is 0 Å². The maximum atomic E-state index is 5.68. The number of hydrogen-bond acceptors (Lipinski definition) is 6. The lowest BCUT2D eigenvalue weighted by atomic mass is 10.3. The molecule has 19 heavy (non-hydrogen) atoms. The van der Waals surface area contributed by atoms with Crippen molar-refractivity contribution in [2.24, 2.45) is 5.84 Å². The SMILES string of the molecule is CCOc1ccc(Oc2nc(NN)ncc2C)cc1. The molecular weight excluding hydrogens is 244 g/mol. The molecule has 2 rings (SSSR count). The number of hydrazine groups is 1. The standard InChI is InChI=1S/C13H16N4O2/c1-3-18-10-4-6-11(7-5-10)19-12-9(2)8-15-13(16-12)17-14/h4-8H,3,14H2,1-2H3,(H,15,16,17). The van der Waals surface area contributed by atoms with Gasteiger partial charge in [0, 0.05) is 11.8 Å². The van der Waals surface area contributed by atoms with Gasteiger partial charge in [0.15, 0.2) is 0 Å². The van der Waals surface area contributed by atoms with Crippen LogP contribution in [0.15, 0.2) is 30.5 Å². The van der Waals surface area contributed by atoms with Gasteiger partial charge in [0.05, 0.1) is 6.61 Å². The summed E-state index contributed by atoms with van der Waals surface area (Å²) < 4.78 is 11.0. The number of aryl methyl sites for hydroxylation is 1. The van der Waals surface area contributed by atoms with E-state index in [4.69, 9.17) is 15.3 Å². The average Bonchev–Trinajstić information content (AvgIpc) is 2.44. The summed E-state index contributed by atoms with van der Waals surface area (Å²) in [6.45, 7) is 4.44. The second-order valence-corrected chi connectivity index (χ2v) is 3.83. The number of benzene rings is 1. The maximum Gasteiger partial charge on any atom is 0.240 e. The van der Waals surface area contributed by atoms with Crippen molar-refractivity contribution in [1.29, 1.82) is 0 Å². The Morgan fingerprint density at radius 3 is 2.53 bits per heavy atom. The number of hydrogen-bond donors (Lipinski definition) is 2. The summed E-state index contributed by atoms with van der Waals surface area (Å²) in [6, 6.07) is 7.33. The smallest absolute Gasteiger partial charge is 0.240 e. The van der Waals surface area contributed by atoms with E-state index in [1.165, 1.54) is 0 Å². The Kier molecular flexibility index (Phi) is 4.15. The molecule has 0 fully saturated rings. The van der Waals surface area contributed by atoms with Gasteiger partial charge in [0.1, 0.15) is 11.5 Å². The fourth-order valence-corrected chi connectivity index (χ4v) is 1.48. The molecule has 0 amide bonds. The van der Waals surface area contributed by atoms with E-state index in [0.29, 0.717) is 24.2 Å². The molecular formula is C13H16N4O2. The van der Waals surface area contributed by atoms with Crippen LogP contribution >= 0.6 is 0 Å². The molecule has 6 nitrogen and oxygen atoms in total. The molecule has 100 valence electrons. The van der Waals surface area contributed by atoms with Crippen LogP contribution in [0.5, 0.6) is 17.4 Å². The van der Waals surface area contributed by atoms with Crippen LogP contribution in [0, 0.1) is 6.92 Å². The van der Waals surface area contributed by atoms with Gasteiger partial charge in [-0.05, 0) is 38.1 Å². The highest BCUT2D eigenvalue weighted by molar-refractivity contribution is 5.37. The molecule has 3 N–H and O–H groups in total. The number of anilines is 1. The van der Waals surface area contributed by atoms with Gasteiger partial charge in [-0.15, -0.1) is 0 Å². The summed E-state index contributed by atoms with van der Waals surface area (Å²) in [4.78, 5) is 8.13. The predicted octanol–water partition coefficient (Wildman–Crippen LogP) is 2.26. The lowest BCUT2D eigenvalue weighted by Gasteiger charge is -2.09. The summed E-state index contributed by atoms with van der Waals surface area (Å²) in [5, 5.41) is 0. The highest BCUT2D eigenvalue weighted by Crippen LogP contribution is 2.25. The molecule has 1 aromatic heterocycles. The van der Waals surface area contributed by atoms with Crippen molar-refractivity contribution in [2.45, 2.75) is 13.8 Å². The number of ether oxygens (including phenoxy) is 2. The fraction of sp³-hybridized carbons (Fsp3) is 0.231. The second kappa shape index (κ2) is 6.01. The van der Waals surface area contributed by atoms with Crippen LogP contribution in [0.2, 0.25) is 0 Å². The van der Waals surface area contributed by atoms with E-state index < -0.39 is 0 Å². The molecule has 0 atom stereocenters. The Morgan fingerprint density at radius 1 is 1.21 bits per heavy atom. The van der Waals surface area contributed by atoms with Crippen LogP contribution in [0.1, 0.15) is 12.5 Å². The lowest BCUT2D eigenvalue weighted by Crippen LogP contribution is -2.11. The summed E-state index contributed by atoms with van der Waals surface area (Å²) in [5.74, 6) is 7.52. The van der Waals surface area contributed by atoms with Crippen molar-refractivity contribution < 1.29 is 9.47 Å². The third-order valence-corrected chi connectivity index (χ3v) is 2.40. The Labute approximate surface area is 111 Å². The van der Waals surface area contributed by atoms with Gasteiger partial charge in [0.2, 0.25) is 11.8 Å². The lowest BCUT2D eigenvalue weighted by molar-refractivity contribution is 0.339. The van der Waals surface area contributed by atoms with Gasteiger partial charge in [-0.3, -0.25) is 5.43 Å². The molecule has 1 aromatic carbocycles. The molecule has 0 unspecified atom stereocenters. The zero-order valence-electron chi connectivity index (χ0n) is 10.9. The summed E-state index contributed by atoms with van der Waals surface area (Å²) in [7, 11) is 0. The van der Waals surface area contributed by atoms with Crippen molar-refractivity contribution in [3.8, 4) is 17.4 Å². The number of nitrogens with zero attached hydrogens (tertiary/aromatic N) is 2. The van der Waals surface area contributed by atoms with Crippen molar-refractivity contribution in [2.75, 3.05) is 12.0 Å². The molecule has 0 radical (unpaired) electrons. The molecule has 6 heteroatoms. The molecule has 0 aliphatic carbocycles. The third-order valence-electron chi connectivity index (χ3n) is 2.40. The van der Waals surface area contributed by atoms with Crippen LogP contribution in [0.4, 0.5) is 5.95 Å². The van der Waals surface area contributed by atoms with Gasteiger partial charge in [-0.2, -0.15) is 4.98 Å².